The first-order valence-corrected chi connectivity index (χ1v) is 9.28. The third-order valence-electron chi connectivity index (χ3n) is 4.79. The molecule has 0 aliphatic carbocycles. The first-order chi connectivity index (χ1) is 12.8. The molecule has 0 saturated carbocycles. The number of rotatable bonds is 5. The second kappa shape index (κ2) is 7.82. The summed E-state index contributed by atoms with van der Waals surface area (Å²) < 4.78 is 5.63. The summed E-state index contributed by atoms with van der Waals surface area (Å²) in [6, 6.07) is 13.3. The summed E-state index contributed by atoms with van der Waals surface area (Å²) in [6.07, 6.45) is 0.323. The van der Waals surface area contributed by atoms with E-state index in [1.54, 1.807) is 4.90 Å². The number of carbonyl (C=O) groups is 2. The lowest BCUT2D eigenvalue weighted by molar-refractivity contribution is -0.122. The maximum atomic E-state index is 12.6. The largest absolute Gasteiger partial charge is 0.491 e. The van der Waals surface area contributed by atoms with E-state index in [1.165, 1.54) is 5.56 Å². The average molecular weight is 366 g/mol. The third kappa shape index (κ3) is 4.48. The summed E-state index contributed by atoms with van der Waals surface area (Å²) in [5.74, 6) is 0.261. The molecule has 2 aromatic rings. The molecular weight excluding hydrogens is 340 g/mol. The smallest absolute Gasteiger partial charge is 0.229 e. The zero-order chi connectivity index (χ0) is 19.6. The van der Waals surface area contributed by atoms with Gasteiger partial charge in [0, 0.05) is 24.3 Å². The predicted molar refractivity (Wildman–Crippen MR) is 107 cm³/mol. The molecule has 1 saturated heterocycles. The molecule has 1 aliphatic heterocycles. The van der Waals surface area contributed by atoms with Crippen LogP contribution in [-0.2, 0) is 9.59 Å². The molecule has 1 aliphatic rings. The van der Waals surface area contributed by atoms with Gasteiger partial charge in [0.15, 0.2) is 0 Å². The highest BCUT2D eigenvalue weighted by Crippen LogP contribution is 2.28. The Bertz CT molecular complexity index is 843. The van der Waals surface area contributed by atoms with Crippen LogP contribution in [0, 0.1) is 19.8 Å². The van der Waals surface area contributed by atoms with Crippen molar-refractivity contribution in [3.63, 3.8) is 0 Å². The van der Waals surface area contributed by atoms with Crippen LogP contribution in [0.1, 0.15) is 31.4 Å². The molecule has 5 nitrogen and oxygen atoms in total. The summed E-state index contributed by atoms with van der Waals surface area (Å²) in [7, 11) is 0. The second-order valence-electron chi connectivity index (χ2n) is 7.35. The number of amides is 2. The fourth-order valence-corrected chi connectivity index (χ4v) is 3.17. The maximum absolute atomic E-state index is 12.6. The van der Waals surface area contributed by atoms with Gasteiger partial charge >= 0.3 is 0 Å². The van der Waals surface area contributed by atoms with Crippen molar-refractivity contribution in [1.82, 2.24) is 0 Å². The van der Waals surface area contributed by atoms with Gasteiger partial charge in [0.2, 0.25) is 11.8 Å². The quantitative estimate of drug-likeness (QED) is 0.867. The van der Waals surface area contributed by atoms with E-state index in [2.05, 4.69) is 5.32 Å². The van der Waals surface area contributed by atoms with Crippen molar-refractivity contribution in [2.45, 2.75) is 40.2 Å². The molecule has 1 heterocycles. The van der Waals surface area contributed by atoms with Crippen LogP contribution in [0.15, 0.2) is 42.5 Å². The molecule has 0 aromatic heterocycles. The Labute approximate surface area is 160 Å². The van der Waals surface area contributed by atoms with Crippen LogP contribution in [0.2, 0.25) is 0 Å². The van der Waals surface area contributed by atoms with Crippen LogP contribution in [0.3, 0.4) is 0 Å². The van der Waals surface area contributed by atoms with Gasteiger partial charge in [-0.25, -0.2) is 0 Å². The summed E-state index contributed by atoms with van der Waals surface area (Å²) in [4.78, 5) is 26.7. The minimum Gasteiger partial charge on any atom is -0.491 e. The normalized spacial score (nSPS) is 16.7. The predicted octanol–water partition coefficient (Wildman–Crippen LogP) is 4.08. The van der Waals surface area contributed by atoms with Crippen molar-refractivity contribution >= 4 is 23.2 Å². The molecule has 1 N–H and O–H groups in total. The first kappa shape index (κ1) is 19.0. The first-order valence-electron chi connectivity index (χ1n) is 9.28. The fraction of sp³-hybridized carbons (Fsp3) is 0.364. The number of nitrogens with zero attached hydrogens (tertiary/aromatic N) is 1. The highest BCUT2D eigenvalue weighted by molar-refractivity contribution is 6.03. The summed E-state index contributed by atoms with van der Waals surface area (Å²) >= 11 is 0. The van der Waals surface area contributed by atoms with Gasteiger partial charge in [-0.15, -0.1) is 0 Å². The molecular formula is C22H26N2O3. The van der Waals surface area contributed by atoms with Crippen LogP contribution in [0.4, 0.5) is 11.4 Å². The highest BCUT2D eigenvalue weighted by atomic mass is 16.5. The number of hydrogen-bond acceptors (Lipinski definition) is 3. The van der Waals surface area contributed by atoms with Crippen LogP contribution in [0.25, 0.3) is 0 Å². The summed E-state index contributed by atoms with van der Waals surface area (Å²) in [5, 5.41) is 2.94. The molecule has 27 heavy (non-hydrogen) atoms. The molecule has 0 spiro atoms. The Morgan fingerprint density at radius 1 is 1.11 bits per heavy atom. The standard InChI is InChI=1S/C22H26N2O3/c1-14(2)27-20-9-7-19(8-10-20)24-13-17(12-21(24)25)22(26)23-18-6-5-15(3)16(4)11-18/h5-11,14,17H,12-13H2,1-4H3,(H,23,26)/t17-/m1/s1. The lowest BCUT2D eigenvalue weighted by atomic mass is 10.1. The number of benzene rings is 2. The van der Waals surface area contributed by atoms with E-state index in [9.17, 15) is 9.59 Å². The van der Waals surface area contributed by atoms with E-state index in [1.807, 2.05) is 70.2 Å². The second-order valence-corrected chi connectivity index (χ2v) is 7.35. The molecule has 2 aromatic carbocycles. The fourth-order valence-electron chi connectivity index (χ4n) is 3.17. The third-order valence-corrected chi connectivity index (χ3v) is 4.79. The lowest BCUT2D eigenvalue weighted by Gasteiger charge is -2.18. The molecule has 0 bridgehead atoms. The van der Waals surface area contributed by atoms with Gasteiger partial charge in [0.25, 0.3) is 0 Å². The number of nitrogens with one attached hydrogen (secondary N) is 1. The van der Waals surface area contributed by atoms with E-state index in [-0.39, 0.29) is 30.3 Å². The molecule has 0 radical (unpaired) electrons. The number of hydrogen-bond donors (Lipinski definition) is 1. The van der Waals surface area contributed by atoms with Gasteiger partial charge in [0.1, 0.15) is 5.75 Å². The monoisotopic (exact) mass is 366 g/mol. The lowest BCUT2D eigenvalue weighted by Crippen LogP contribution is -2.28. The van der Waals surface area contributed by atoms with Crippen LogP contribution in [-0.4, -0.2) is 24.5 Å². The van der Waals surface area contributed by atoms with Gasteiger partial charge in [-0.05, 0) is 75.2 Å². The minimum absolute atomic E-state index is 0.0345. The zero-order valence-corrected chi connectivity index (χ0v) is 16.3. The molecule has 1 fully saturated rings. The number of anilines is 2. The highest BCUT2D eigenvalue weighted by Gasteiger charge is 2.35. The van der Waals surface area contributed by atoms with E-state index in [4.69, 9.17) is 4.74 Å². The maximum Gasteiger partial charge on any atom is 0.229 e. The summed E-state index contributed by atoms with van der Waals surface area (Å²) in [5.41, 5.74) is 3.86. The van der Waals surface area contributed by atoms with Crippen molar-refractivity contribution in [2.75, 3.05) is 16.8 Å². The van der Waals surface area contributed by atoms with Crippen molar-refractivity contribution in [2.24, 2.45) is 5.92 Å². The van der Waals surface area contributed by atoms with Gasteiger partial charge in [-0.1, -0.05) is 6.07 Å². The zero-order valence-electron chi connectivity index (χ0n) is 16.3. The Balaban J connectivity index is 1.65. The van der Waals surface area contributed by atoms with Gasteiger partial charge in [-0.2, -0.15) is 0 Å². The molecule has 1 atom stereocenters. The number of aryl methyl sites for hydroxylation is 2. The Morgan fingerprint density at radius 3 is 2.44 bits per heavy atom. The van der Waals surface area contributed by atoms with E-state index >= 15 is 0 Å². The number of carbonyl (C=O) groups excluding carboxylic acids is 2. The number of ether oxygens (including phenoxy) is 1. The minimum atomic E-state index is -0.356. The van der Waals surface area contributed by atoms with Crippen LogP contribution < -0.4 is 15.0 Å². The van der Waals surface area contributed by atoms with E-state index < -0.39 is 0 Å². The Morgan fingerprint density at radius 2 is 1.81 bits per heavy atom. The molecule has 2 amide bonds. The van der Waals surface area contributed by atoms with Gasteiger partial charge < -0.3 is 15.0 Å². The Hall–Kier alpha value is -2.82. The Kier molecular flexibility index (Phi) is 5.49. The van der Waals surface area contributed by atoms with Gasteiger partial charge in [0.05, 0.1) is 12.0 Å². The molecule has 142 valence electrons. The van der Waals surface area contributed by atoms with Crippen molar-refractivity contribution in [1.29, 1.82) is 0 Å². The van der Waals surface area contributed by atoms with Crippen LogP contribution >= 0.6 is 0 Å². The SMILES string of the molecule is Cc1ccc(NC(=O)[C@@H]2CC(=O)N(c3ccc(OC(C)C)cc3)C2)cc1C. The van der Waals surface area contributed by atoms with E-state index in [0.717, 1.165) is 22.7 Å². The summed E-state index contributed by atoms with van der Waals surface area (Å²) in [6.45, 7) is 8.37. The van der Waals surface area contributed by atoms with Crippen LogP contribution in [0.5, 0.6) is 5.75 Å². The van der Waals surface area contributed by atoms with E-state index in [0.29, 0.717) is 6.54 Å². The van der Waals surface area contributed by atoms with Crippen molar-refractivity contribution in [3.8, 4) is 5.75 Å². The average Bonchev–Trinajstić information content (AvgIpc) is 3.00. The van der Waals surface area contributed by atoms with Gasteiger partial charge in [-0.3, -0.25) is 9.59 Å². The molecule has 3 rings (SSSR count). The van der Waals surface area contributed by atoms with Crippen molar-refractivity contribution < 1.29 is 14.3 Å². The van der Waals surface area contributed by atoms with Crippen molar-refractivity contribution in [3.05, 3.63) is 53.6 Å². The molecule has 0 unspecified atom stereocenters. The molecule has 5 heteroatoms. The topological polar surface area (TPSA) is 58.6 Å².